The molecule has 8 rings (SSSR count). The van der Waals surface area contributed by atoms with E-state index in [0.29, 0.717) is 62.9 Å². The first kappa shape index (κ1) is 48.6. The number of likely N-dealkylation sites (tertiary alicyclic amines) is 1. The quantitative estimate of drug-likeness (QED) is 0.119. The molecule has 68 heavy (non-hydrogen) atoms. The van der Waals surface area contributed by atoms with Crippen molar-refractivity contribution in [2.45, 2.75) is 129 Å². The number of fused-ring (bicyclic) bond motifs is 6. The number of nitrogens with zero attached hydrogens (tertiary/aromatic N) is 5. The number of amides is 4. The van der Waals surface area contributed by atoms with Gasteiger partial charge in [-0.25, -0.2) is 5.43 Å². The number of esters is 1. The standard InChI is InChI=1S/C52H68N8O8/c1-10-58-42-17-16-33-26-37(42)38(45(58)36-14-11-19-53-43(36)31(4)67-9)27-51(5,6)29-68-49(65)39-15-12-21-60(56-39)48(64)40(24-32-22-34(33)25-35(61)23-32)55-46(62)44(30(2)3)57(8)50(66)52(7)18-13-20-59(52)47(63)41-28-54-41/h11,14,16-17,19,22-23,25-26,30-31,39-41,44,54,56,61H,10,12-13,15,18,20-21,24,27-29H2,1-9H3,(H,55,62)/t31-,39-,40-,41+,44?,52-/m0/s1. The average Bonchev–Trinajstić information content (AvgIpc) is 4.03. The highest BCUT2D eigenvalue weighted by molar-refractivity contribution is 5.98. The molecule has 0 saturated carbocycles. The molecule has 4 N–H and O–H groups in total. The summed E-state index contributed by atoms with van der Waals surface area (Å²) in [6, 6.07) is 12.2. The van der Waals surface area contributed by atoms with E-state index in [-0.39, 0.29) is 55.2 Å². The Morgan fingerprint density at radius 3 is 2.51 bits per heavy atom. The molecule has 364 valence electrons. The topological polar surface area (TPSA) is 198 Å². The Labute approximate surface area is 399 Å². The van der Waals surface area contributed by atoms with Gasteiger partial charge in [0.2, 0.25) is 17.7 Å². The first-order valence-electron chi connectivity index (χ1n) is 24.2. The van der Waals surface area contributed by atoms with E-state index in [2.05, 4.69) is 59.6 Å². The number of likely N-dealkylation sites (N-methyl/N-ethyl adjacent to an activating group) is 1. The molecule has 16 heteroatoms. The van der Waals surface area contributed by atoms with E-state index in [1.54, 1.807) is 44.3 Å². The minimum absolute atomic E-state index is 0.0131. The highest BCUT2D eigenvalue weighted by Crippen LogP contribution is 2.42. The fourth-order valence-corrected chi connectivity index (χ4v) is 10.7. The number of carbonyl (C=O) groups is 5. The van der Waals surface area contributed by atoms with Gasteiger partial charge >= 0.3 is 5.97 Å². The van der Waals surface area contributed by atoms with E-state index in [4.69, 9.17) is 14.5 Å². The van der Waals surface area contributed by atoms with Gasteiger partial charge < -0.3 is 39.6 Å². The zero-order chi connectivity index (χ0) is 48.8. The normalized spacial score (nSPS) is 23.8. The monoisotopic (exact) mass is 933 g/mol. The molecule has 16 nitrogen and oxygen atoms in total. The Hall–Kier alpha value is -5.84. The van der Waals surface area contributed by atoms with Gasteiger partial charge in [-0.1, -0.05) is 39.8 Å². The third-order valence-electron chi connectivity index (χ3n) is 14.4. The van der Waals surface area contributed by atoms with Gasteiger partial charge in [0.05, 0.1) is 30.1 Å². The van der Waals surface area contributed by atoms with Crippen LogP contribution in [0.5, 0.6) is 5.75 Å². The van der Waals surface area contributed by atoms with Gasteiger partial charge in [0.15, 0.2) is 0 Å². The van der Waals surface area contributed by atoms with Crippen LogP contribution >= 0.6 is 0 Å². The van der Waals surface area contributed by atoms with Crippen LogP contribution in [0.3, 0.4) is 0 Å². The number of benzene rings is 2. The number of cyclic esters (lactones) is 1. The van der Waals surface area contributed by atoms with E-state index in [1.807, 2.05) is 39.0 Å². The zero-order valence-electron chi connectivity index (χ0n) is 41.0. The van der Waals surface area contributed by atoms with Crippen molar-refractivity contribution in [2.75, 3.05) is 40.4 Å². The lowest BCUT2D eigenvalue weighted by atomic mass is 9.84. The molecule has 2 aromatic carbocycles. The molecular weight excluding hydrogens is 865 g/mol. The Morgan fingerprint density at radius 2 is 1.81 bits per heavy atom. The number of hydrogen-bond donors (Lipinski definition) is 4. The molecule has 4 aliphatic heterocycles. The second-order valence-electron chi connectivity index (χ2n) is 20.5. The number of rotatable bonds is 10. The number of phenols is 1. The summed E-state index contributed by atoms with van der Waals surface area (Å²) >= 11 is 0. The lowest BCUT2D eigenvalue weighted by Crippen LogP contribution is -2.64. The summed E-state index contributed by atoms with van der Waals surface area (Å²) in [5.74, 6) is -2.36. The SMILES string of the molecule is CCn1c(-c2cccnc2[C@H](C)OC)c2c3cc(ccc31)-c1cc(O)cc(c1)C[C@H](NC(=O)C(C(C)C)N(C)C(=O)[C@]1(C)CCCN1C(=O)[C@H]1CN1)C(=O)N1CCC[C@H](N1)C(=O)OCC(C)(C)C2. The minimum atomic E-state index is -1.18. The highest BCUT2D eigenvalue weighted by Gasteiger charge is 2.51. The van der Waals surface area contributed by atoms with E-state index in [1.165, 1.54) is 9.91 Å². The lowest BCUT2D eigenvalue weighted by molar-refractivity contribution is -0.156. The number of aromatic nitrogens is 2. The maximum absolute atomic E-state index is 14.8. The molecule has 0 spiro atoms. The average molecular weight is 933 g/mol. The second kappa shape index (κ2) is 19.3. The molecule has 3 saturated heterocycles. The smallest absolute Gasteiger partial charge is 0.324 e. The molecule has 2 aromatic heterocycles. The molecule has 6 atom stereocenters. The second-order valence-corrected chi connectivity index (χ2v) is 20.5. The molecule has 0 aliphatic carbocycles. The van der Waals surface area contributed by atoms with Crippen LogP contribution in [0.1, 0.15) is 97.1 Å². The summed E-state index contributed by atoms with van der Waals surface area (Å²) in [6.07, 6.45) is 4.07. The van der Waals surface area contributed by atoms with Crippen LogP contribution in [0.2, 0.25) is 0 Å². The van der Waals surface area contributed by atoms with Crippen molar-refractivity contribution in [3.8, 4) is 28.1 Å². The fraction of sp³-hybridized carbons (Fsp3) is 0.538. The maximum atomic E-state index is 14.8. The van der Waals surface area contributed by atoms with E-state index in [9.17, 15) is 29.1 Å². The summed E-state index contributed by atoms with van der Waals surface area (Å²) in [6.45, 7) is 15.8. The van der Waals surface area contributed by atoms with Crippen LogP contribution in [0.25, 0.3) is 33.3 Å². The van der Waals surface area contributed by atoms with Crippen LogP contribution in [-0.4, -0.2) is 129 Å². The molecule has 4 aromatic rings. The predicted octanol–water partition coefficient (Wildman–Crippen LogP) is 5.29. The number of methoxy groups -OCH3 is 1. The minimum Gasteiger partial charge on any atom is -0.508 e. The van der Waals surface area contributed by atoms with Crippen molar-refractivity contribution in [3.63, 3.8) is 0 Å². The molecule has 1 unspecified atom stereocenters. The van der Waals surface area contributed by atoms with Crippen molar-refractivity contribution in [1.29, 1.82) is 0 Å². The van der Waals surface area contributed by atoms with Crippen molar-refractivity contribution in [1.82, 2.24) is 40.4 Å². The number of carbonyl (C=O) groups excluding carboxylic acids is 5. The van der Waals surface area contributed by atoms with Crippen LogP contribution < -0.4 is 16.1 Å². The van der Waals surface area contributed by atoms with Crippen molar-refractivity contribution < 1.29 is 38.6 Å². The summed E-state index contributed by atoms with van der Waals surface area (Å²) in [4.78, 5) is 79.2. The van der Waals surface area contributed by atoms with E-state index >= 15 is 0 Å². The van der Waals surface area contributed by atoms with Crippen molar-refractivity contribution in [3.05, 3.63) is 71.5 Å². The number of ether oxygens (including phenoxy) is 2. The maximum Gasteiger partial charge on any atom is 0.324 e. The first-order valence-corrected chi connectivity index (χ1v) is 24.2. The van der Waals surface area contributed by atoms with Crippen LogP contribution in [-0.2, 0) is 52.8 Å². The highest BCUT2D eigenvalue weighted by atomic mass is 16.5. The van der Waals surface area contributed by atoms with Crippen LogP contribution in [0.15, 0.2) is 54.7 Å². The molecular formula is C52H68N8O8. The molecule has 4 amide bonds. The van der Waals surface area contributed by atoms with Gasteiger partial charge in [0, 0.05) is 74.8 Å². The number of aryl methyl sites for hydroxylation is 1. The van der Waals surface area contributed by atoms with E-state index in [0.717, 1.165) is 39.0 Å². The van der Waals surface area contributed by atoms with Crippen LogP contribution in [0, 0.1) is 11.3 Å². The number of hydrogen-bond acceptors (Lipinski definition) is 11. The van der Waals surface area contributed by atoms with Gasteiger partial charge in [0.1, 0.15) is 29.4 Å². The van der Waals surface area contributed by atoms with E-state index < -0.39 is 46.9 Å². The molecule has 6 heterocycles. The van der Waals surface area contributed by atoms with Crippen molar-refractivity contribution >= 4 is 40.5 Å². The summed E-state index contributed by atoms with van der Waals surface area (Å²) in [5, 5.41) is 19.8. The van der Waals surface area contributed by atoms with Gasteiger partial charge in [0.25, 0.3) is 5.91 Å². The molecule has 3 fully saturated rings. The Balaban J connectivity index is 1.20. The lowest BCUT2D eigenvalue weighted by Gasteiger charge is -2.41. The zero-order valence-corrected chi connectivity index (χ0v) is 41.0. The number of pyridine rings is 1. The Kier molecular flexibility index (Phi) is 13.8. The van der Waals surface area contributed by atoms with Crippen molar-refractivity contribution in [2.24, 2.45) is 11.3 Å². The Bertz CT molecular complexity index is 2600. The van der Waals surface area contributed by atoms with Gasteiger partial charge in [-0.3, -0.25) is 34.0 Å². The predicted molar refractivity (Wildman–Crippen MR) is 258 cm³/mol. The number of nitrogens with one attached hydrogen (secondary N) is 3. The largest absolute Gasteiger partial charge is 0.508 e. The van der Waals surface area contributed by atoms with Gasteiger partial charge in [-0.2, -0.15) is 0 Å². The third-order valence-corrected chi connectivity index (χ3v) is 14.4. The number of aromatic hydroxyl groups is 1. The fourth-order valence-electron chi connectivity index (χ4n) is 10.7. The summed E-state index contributed by atoms with van der Waals surface area (Å²) in [7, 11) is 3.26. The summed E-state index contributed by atoms with van der Waals surface area (Å²) < 4.78 is 14.2. The van der Waals surface area contributed by atoms with Crippen LogP contribution in [0.4, 0.5) is 0 Å². The number of phenolic OH excluding ortho intramolecular Hbond substituents is 1. The molecule has 6 bridgehead atoms. The first-order chi connectivity index (χ1) is 32.3. The molecule has 0 radical (unpaired) electrons. The third kappa shape index (κ3) is 9.46. The van der Waals surface area contributed by atoms with Gasteiger partial charge in [-0.15, -0.1) is 0 Å². The number of hydrazine groups is 1. The Morgan fingerprint density at radius 1 is 1.04 bits per heavy atom. The van der Waals surface area contributed by atoms with Gasteiger partial charge in [-0.05, 0) is 117 Å². The summed E-state index contributed by atoms with van der Waals surface area (Å²) in [5.41, 5.74) is 8.40. The molecule has 4 aliphatic rings.